The minimum absolute atomic E-state index is 0.183. The van der Waals surface area contributed by atoms with Crippen LogP contribution in [-0.2, 0) is 0 Å². The van der Waals surface area contributed by atoms with Crippen LogP contribution in [0.2, 0.25) is 10.0 Å². The topological polar surface area (TPSA) is 59.6 Å². The minimum atomic E-state index is -0.390. The zero-order valence-electron chi connectivity index (χ0n) is 13.4. The van der Waals surface area contributed by atoms with Crippen molar-refractivity contribution >= 4 is 34.9 Å². The molecule has 130 valence electrons. The van der Waals surface area contributed by atoms with E-state index in [-0.39, 0.29) is 13.2 Å². The first-order valence-corrected chi connectivity index (χ1v) is 8.07. The van der Waals surface area contributed by atoms with Gasteiger partial charge in [0.1, 0.15) is 6.61 Å². The van der Waals surface area contributed by atoms with E-state index in [1.807, 2.05) is 12.1 Å². The summed E-state index contributed by atoms with van der Waals surface area (Å²) in [5.41, 5.74) is 0.541. The van der Waals surface area contributed by atoms with Gasteiger partial charge in [0.25, 0.3) is 0 Å². The molecule has 0 spiro atoms. The van der Waals surface area contributed by atoms with E-state index in [0.29, 0.717) is 27.2 Å². The molecule has 5 nitrogen and oxygen atoms in total. The van der Waals surface area contributed by atoms with Crippen LogP contribution in [0, 0.1) is 11.8 Å². The van der Waals surface area contributed by atoms with Crippen molar-refractivity contribution in [1.82, 2.24) is 5.32 Å². The molecule has 2 aromatic rings. The van der Waals surface area contributed by atoms with Gasteiger partial charge in [-0.3, -0.25) is 0 Å². The molecule has 2 rings (SSSR count). The van der Waals surface area contributed by atoms with Crippen LogP contribution >= 0.6 is 23.2 Å². The van der Waals surface area contributed by atoms with Gasteiger partial charge < -0.3 is 20.1 Å². The number of nitrogens with one attached hydrogen (secondary N) is 2. The van der Waals surface area contributed by atoms with Crippen molar-refractivity contribution in [3.63, 3.8) is 0 Å². The lowest BCUT2D eigenvalue weighted by atomic mass is 10.3. The highest BCUT2D eigenvalue weighted by Crippen LogP contribution is 2.25. The van der Waals surface area contributed by atoms with Gasteiger partial charge in [-0.05, 0) is 30.3 Å². The van der Waals surface area contributed by atoms with Crippen LogP contribution in [0.3, 0.4) is 0 Å². The first kappa shape index (κ1) is 18.8. The van der Waals surface area contributed by atoms with E-state index in [4.69, 9.17) is 32.7 Å². The predicted octanol–water partition coefficient (Wildman–Crippen LogP) is 4.21. The Balaban J connectivity index is 1.72. The summed E-state index contributed by atoms with van der Waals surface area (Å²) >= 11 is 11.7. The summed E-state index contributed by atoms with van der Waals surface area (Å²) in [6.07, 6.45) is 0. The third kappa shape index (κ3) is 6.11. The lowest BCUT2D eigenvalue weighted by molar-refractivity contribution is 0.253. The van der Waals surface area contributed by atoms with Gasteiger partial charge in [0.2, 0.25) is 0 Å². The van der Waals surface area contributed by atoms with Crippen molar-refractivity contribution < 1.29 is 14.3 Å². The second kappa shape index (κ2) is 9.67. The van der Waals surface area contributed by atoms with Crippen molar-refractivity contribution in [3.8, 4) is 23.3 Å². The van der Waals surface area contributed by atoms with Crippen LogP contribution in [0.4, 0.5) is 10.5 Å². The third-order valence-corrected chi connectivity index (χ3v) is 3.75. The molecule has 0 bridgehead atoms. The fourth-order valence-corrected chi connectivity index (χ4v) is 2.14. The molecular formula is C18H16Cl2N2O3. The van der Waals surface area contributed by atoms with E-state index in [1.165, 1.54) is 0 Å². The number of rotatable bonds is 5. The fraction of sp³-hybridized carbons (Fsp3) is 0.167. The van der Waals surface area contributed by atoms with Crippen molar-refractivity contribution in [1.29, 1.82) is 0 Å². The smallest absolute Gasteiger partial charge is 0.319 e. The lowest BCUT2D eigenvalue weighted by Gasteiger charge is -2.07. The van der Waals surface area contributed by atoms with E-state index < -0.39 is 6.03 Å². The molecule has 0 saturated heterocycles. The highest BCUT2D eigenvalue weighted by molar-refractivity contribution is 6.42. The minimum Gasteiger partial charge on any atom is -0.493 e. The Morgan fingerprint density at radius 1 is 1.08 bits per heavy atom. The second-order valence-corrected chi connectivity index (χ2v) is 5.54. The Labute approximate surface area is 156 Å². The molecule has 0 atom stereocenters. The second-order valence-electron chi connectivity index (χ2n) is 4.73. The van der Waals surface area contributed by atoms with E-state index >= 15 is 0 Å². The van der Waals surface area contributed by atoms with E-state index in [2.05, 4.69) is 22.5 Å². The lowest BCUT2D eigenvalue weighted by Crippen LogP contribution is -2.28. The van der Waals surface area contributed by atoms with Gasteiger partial charge in [-0.15, -0.1) is 0 Å². The van der Waals surface area contributed by atoms with Crippen molar-refractivity contribution in [2.24, 2.45) is 0 Å². The van der Waals surface area contributed by atoms with Crippen LogP contribution in [-0.4, -0.2) is 26.3 Å². The van der Waals surface area contributed by atoms with Crippen LogP contribution in [0.5, 0.6) is 11.5 Å². The quantitative estimate of drug-likeness (QED) is 0.766. The molecule has 2 N–H and O–H groups in total. The summed E-state index contributed by atoms with van der Waals surface area (Å²) in [4.78, 5) is 11.7. The average Bonchev–Trinajstić information content (AvgIpc) is 2.61. The average molecular weight is 379 g/mol. The molecule has 25 heavy (non-hydrogen) atoms. The van der Waals surface area contributed by atoms with Crippen LogP contribution in [0.15, 0.2) is 42.5 Å². The van der Waals surface area contributed by atoms with Gasteiger partial charge in [0.15, 0.2) is 11.5 Å². The number of urea groups is 1. The molecular weight excluding hydrogens is 363 g/mol. The molecule has 0 heterocycles. The van der Waals surface area contributed by atoms with Crippen molar-refractivity contribution in [2.45, 2.75) is 0 Å². The summed E-state index contributed by atoms with van der Waals surface area (Å²) in [6.45, 7) is 0.374. The summed E-state index contributed by atoms with van der Waals surface area (Å²) in [7, 11) is 1.57. The first-order valence-electron chi connectivity index (χ1n) is 7.31. The Hall–Kier alpha value is -2.55. The number of methoxy groups -OCH3 is 1. The highest BCUT2D eigenvalue weighted by atomic mass is 35.5. The molecule has 0 aromatic heterocycles. The van der Waals surface area contributed by atoms with E-state index in [0.717, 1.165) is 0 Å². The van der Waals surface area contributed by atoms with Gasteiger partial charge in [0.05, 0.1) is 23.7 Å². The number of hydrogen-bond acceptors (Lipinski definition) is 3. The number of carbonyl (C=O) groups excluding carboxylic acids is 1. The molecule has 0 fully saturated rings. The zero-order valence-corrected chi connectivity index (χ0v) is 14.9. The number of anilines is 1. The van der Waals surface area contributed by atoms with Crippen LogP contribution < -0.4 is 20.1 Å². The largest absolute Gasteiger partial charge is 0.493 e. The molecule has 0 aliphatic heterocycles. The number of hydrogen-bond donors (Lipinski definition) is 2. The SMILES string of the molecule is COc1ccccc1OCC#CCNC(=O)Nc1ccc(Cl)c(Cl)c1. The van der Waals surface area contributed by atoms with Crippen LogP contribution in [0.25, 0.3) is 0 Å². The van der Waals surface area contributed by atoms with Gasteiger partial charge in [-0.2, -0.15) is 0 Å². The number of carbonyl (C=O) groups is 1. The van der Waals surface area contributed by atoms with Gasteiger partial charge >= 0.3 is 6.03 Å². The Kier molecular flexibility index (Phi) is 7.27. The van der Waals surface area contributed by atoms with Gasteiger partial charge in [0, 0.05) is 5.69 Å². The fourth-order valence-electron chi connectivity index (χ4n) is 1.84. The highest BCUT2D eigenvalue weighted by Gasteiger charge is 2.03. The third-order valence-electron chi connectivity index (χ3n) is 3.01. The Morgan fingerprint density at radius 2 is 1.84 bits per heavy atom. The standard InChI is InChI=1S/C18H16Cl2N2O3/c1-24-16-6-2-3-7-17(16)25-11-5-4-10-21-18(23)22-13-8-9-14(19)15(20)12-13/h2-3,6-9,12H,10-11H2,1H3,(H2,21,22,23). The van der Waals surface area contributed by atoms with Gasteiger partial charge in [-0.25, -0.2) is 4.79 Å². The monoisotopic (exact) mass is 378 g/mol. The van der Waals surface area contributed by atoms with Crippen molar-refractivity contribution in [2.75, 3.05) is 25.6 Å². The predicted molar refractivity (Wildman–Crippen MR) is 99.7 cm³/mol. The molecule has 2 aromatic carbocycles. The number of halogens is 2. The van der Waals surface area contributed by atoms with E-state index in [9.17, 15) is 4.79 Å². The van der Waals surface area contributed by atoms with Gasteiger partial charge in [-0.1, -0.05) is 47.2 Å². The van der Waals surface area contributed by atoms with Crippen molar-refractivity contribution in [3.05, 3.63) is 52.5 Å². The maximum atomic E-state index is 11.7. The maximum absolute atomic E-state index is 11.7. The number of amides is 2. The number of ether oxygens (including phenoxy) is 2. The summed E-state index contributed by atoms with van der Waals surface area (Å²) < 4.78 is 10.7. The maximum Gasteiger partial charge on any atom is 0.319 e. The Bertz CT molecular complexity index is 800. The Morgan fingerprint density at radius 3 is 2.56 bits per heavy atom. The molecule has 0 radical (unpaired) electrons. The summed E-state index contributed by atoms with van der Waals surface area (Å²) in [6, 6.07) is 11.7. The summed E-state index contributed by atoms with van der Waals surface area (Å²) in [5.74, 6) is 6.86. The van der Waals surface area contributed by atoms with E-state index in [1.54, 1.807) is 37.4 Å². The van der Waals surface area contributed by atoms with Crippen LogP contribution in [0.1, 0.15) is 0 Å². The molecule has 7 heteroatoms. The summed E-state index contributed by atoms with van der Waals surface area (Å²) in [5, 5.41) is 6.03. The molecule has 0 unspecified atom stereocenters. The first-order chi connectivity index (χ1) is 12.1. The normalized spacial score (nSPS) is 9.56. The molecule has 2 amide bonds. The number of benzene rings is 2. The number of para-hydroxylation sites is 2. The zero-order chi connectivity index (χ0) is 18.1. The molecule has 0 saturated carbocycles. The molecule has 0 aliphatic carbocycles. The molecule has 0 aliphatic rings.